The highest BCUT2D eigenvalue weighted by Crippen LogP contribution is 2.44. The molecule has 0 amide bonds. The van der Waals surface area contributed by atoms with Crippen LogP contribution >= 0.6 is 0 Å². The van der Waals surface area contributed by atoms with Crippen LogP contribution in [0.3, 0.4) is 0 Å². The van der Waals surface area contributed by atoms with Gasteiger partial charge in [-0.15, -0.1) is 0 Å². The van der Waals surface area contributed by atoms with Crippen molar-refractivity contribution in [2.24, 2.45) is 5.41 Å². The van der Waals surface area contributed by atoms with Crippen molar-refractivity contribution in [3.8, 4) is 0 Å². The van der Waals surface area contributed by atoms with Gasteiger partial charge in [-0.05, 0) is 87.7 Å². The van der Waals surface area contributed by atoms with Crippen molar-refractivity contribution in [2.75, 3.05) is 6.61 Å². The zero-order valence-corrected chi connectivity index (χ0v) is 15.3. The summed E-state index contributed by atoms with van der Waals surface area (Å²) in [4.78, 5) is 11.6. The fourth-order valence-electron chi connectivity index (χ4n) is 4.61. The third-order valence-electron chi connectivity index (χ3n) is 6.18. The molecule has 0 radical (unpaired) electrons. The van der Waals surface area contributed by atoms with Crippen molar-refractivity contribution < 1.29 is 14.3 Å². The molecule has 1 aliphatic heterocycles. The minimum absolute atomic E-state index is 0.0109. The minimum Gasteiger partial charge on any atom is -0.353 e. The van der Waals surface area contributed by atoms with Crippen LogP contribution in [-0.2, 0) is 14.3 Å². The largest absolute Gasteiger partial charge is 0.353 e. The quantitative estimate of drug-likeness (QED) is 0.501. The van der Waals surface area contributed by atoms with Gasteiger partial charge in [0.2, 0.25) is 0 Å². The molecule has 3 atom stereocenters. The van der Waals surface area contributed by atoms with Crippen molar-refractivity contribution in [1.29, 1.82) is 0 Å². The fourth-order valence-corrected chi connectivity index (χ4v) is 4.61. The number of aldehydes is 1. The minimum atomic E-state index is -0.0109. The van der Waals surface area contributed by atoms with Gasteiger partial charge in [0.1, 0.15) is 6.29 Å². The number of hydrogen-bond acceptors (Lipinski definition) is 3. The van der Waals surface area contributed by atoms with Gasteiger partial charge in [0.15, 0.2) is 6.29 Å². The highest BCUT2D eigenvalue weighted by Gasteiger charge is 2.34. The van der Waals surface area contributed by atoms with Gasteiger partial charge < -0.3 is 9.47 Å². The van der Waals surface area contributed by atoms with Gasteiger partial charge in [0.25, 0.3) is 0 Å². The summed E-state index contributed by atoms with van der Waals surface area (Å²) in [6.45, 7) is 5.23. The van der Waals surface area contributed by atoms with E-state index in [9.17, 15) is 4.79 Å². The predicted octanol–water partition coefficient (Wildman–Crippen LogP) is 5.10. The van der Waals surface area contributed by atoms with Gasteiger partial charge in [-0.3, -0.25) is 4.79 Å². The highest BCUT2D eigenvalue weighted by molar-refractivity contribution is 5.77. The Hall–Kier alpha value is -0.930. The molecule has 1 heterocycles. The maximum absolute atomic E-state index is 11.6. The molecule has 0 N–H and O–H groups in total. The zero-order valence-electron chi connectivity index (χ0n) is 15.3. The lowest BCUT2D eigenvalue weighted by Crippen LogP contribution is -2.29. The maximum atomic E-state index is 11.6. The topological polar surface area (TPSA) is 35.5 Å². The average Bonchev–Trinajstić information content (AvgIpc) is 3.01. The number of carbonyl (C=O) groups excluding carboxylic acids is 1. The van der Waals surface area contributed by atoms with Crippen LogP contribution in [0.2, 0.25) is 0 Å². The molecule has 3 aliphatic rings. The molecule has 3 heteroatoms. The Morgan fingerprint density at radius 2 is 2.21 bits per heavy atom. The lowest BCUT2D eigenvalue weighted by atomic mass is 9.68. The summed E-state index contributed by atoms with van der Waals surface area (Å²) < 4.78 is 12.0. The average molecular weight is 332 g/mol. The Kier molecular flexibility index (Phi) is 5.93. The van der Waals surface area contributed by atoms with E-state index in [-0.39, 0.29) is 17.8 Å². The molecule has 134 valence electrons. The van der Waals surface area contributed by atoms with Crippen LogP contribution in [-0.4, -0.2) is 25.3 Å². The van der Waals surface area contributed by atoms with E-state index in [1.807, 2.05) is 0 Å². The molecule has 0 saturated carbocycles. The summed E-state index contributed by atoms with van der Waals surface area (Å²) in [7, 11) is 0. The van der Waals surface area contributed by atoms with Crippen LogP contribution in [0.15, 0.2) is 22.8 Å². The number of rotatable bonds is 6. The molecule has 3 rings (SSSR count). The molecule has 0 spiro atoms. The number of carbonyl (C=O) groups is 1. The standard InChI is InChI=1S/C21H32O3/c1-16-7-6-12-21(2,18(16)15-22)13-11-17-8-5-9-19(17)24-20-10-3-4-14-23-20/h8,15,19-20H,3-7,9-14H2,1-2H3/t19-,20+,21+/m1/s1. The van der Waals surface area contributed by atoms with Crippen LogP contribution in [0.4, 0.5) is 0 Å². The van der Waals surface area contributed by atoms with E-state index in [2.05, 4.69) is 19.9 Å². The molecule has 1 fully saturated rings. The SMILES string of the molecule is CC1=C(C=O)[C@](C)(CCC2=CCC[C@H]2O[C@H]2CCCCO2)CCC1. The normalized spacial score (nSPS) is 34.3. The fraction of sp³-hybridized carbons (Fsp3) is 0.762. The van der Waals surface area contributed by atoms with Gasteiger partial charge in [-0.2, -0.15) is 0 Å². The highest BCUT2D eigenvalue weighted by atomic mass is 16.7. The van der Waals surface area contributed by atoms with Crippen molar-refractivity contribution in [1.82, 2.24) is 0 Å². The Labute approximate surface area is 146 Å². The van der Waals surface area contributed by atoms with E-state index in [0.29, 0.717) is 0 Å². The van der Waals surface area contributed by atoms with Gasteiger partial charge >= 0.3 is 0 Å². The molecule has 1 saturated heterocycles. The van der Waals surface area contributed by atoms with Crippen LogP contribution in [0, 0.1) is 5.41 Å². The molecular formula is C21H32O3. The summed E-state index contributed by atoms with van der Waals surface area (Å²) in [5, 5.41) is 0. The monoisotopic (exact) mass is 332 g/mol. The third-order valence-corrected chi connectivity index (χ3v) is 6.18. The molecular weight excluding hydrogens is 300 g/mol. The third kappa shape index (κ3) is 4.00. The molecule has 0 aromatic heterocycles. The first-order valence-corrected chi connectivity index (χ1v) is 9.74. The first-order valence-electron chi connectivity index (χ1n) is 9.74. The molecule has 24 heavy (non-hydrogen) atoms. The number of allylic oxidation sites excluding steroid dienone is 3. The predicted molar refractivity (Wildman–Crippen MR) is 95.7 cm³/mol. The summed E-state index contributed by atoms with van der Waals surface area (Å²) in [5.74, 6) is 0. The molecule has 0 aromatic carbocycles. The molecule has 2 aliphatic carbocycles. The zero-order chi connectivity index (χ0) is 17.0. The summed E-state index contributed by atoms with van der Waals surface area (Å²) >= 11 is 0. The van der Waals surface area contributed by atoms with Crippen LogP contribution in [0.25, 0.3) is 0 Å². The van der Waals surface area contributed by atoms with Crippen LogP contribution in [0.1, 0.15) is 78.1 Å². The number of ether oxygens (including phenoxy) is 2. The number of hydrogen-bond donors (Lipinski definition) is 0. The van der Waals surface area contributed by atoms with Gasteiger partial charge in [0.05, 0.1) is 6.10 Å². The molecule has 3 nitrogen and oxygen atoms in total. The van der Waals surface area contributed by atoms with Crippen molar-refractivity contribution in [3.63, 3.8) is 0 Å². The van der Waals surface area contributed by atoms with E-state index < -0.39 is 0 Å². The first-order chi connectivity index (χ1) is 11.6. The van der Waals surface area contributed by atoms with E-state index in [1.165, 1.54) is 24.0 Å². The summed E-state index contributed by atoms with van der Waals surface area (Å²) in [6, 6.07) is 0. The second kappa shape index (κ2) is 7.97. The van der Waals surface area contributed by atoms with Crippen molar-refractivity contribution >= 4 is 6.29 Å². The van der Waals surface area contributed by atoms with Gasteiger partial charge in [-0.1, -0.05) is 18.6 Å². The lowest BCUT2D eigenvalue weighted by molar-refractivity contribution is -0.180. The lowest BCUT2D eigenvalue weighted by Gasteiger charge is -2.36. The molecule has 0 bridgehead atoms. The van der Waals surface area contributed by atoms with Crippen LogP contribution in [0.5, 0.6) is 0 Å². The molecule has 0 unspecified atom stereocenters. The van der Waals surface area contributed by atoms with E-state index >= 15 is 0 Å². The Balaban J connectivity index is 1.58. The smallest absolute Gasteiger partial charge is 0.158 e. The Morgan fingerprint density at radius 1 is 1.33 bits per heavy atom. The Morgan fingerprint density at radius 3 is 2.96 bits per heavy atom. The maximum Gasteiger partial charge on any atom is 0.158 e. The van der Waals surface area contributed by atoms with Crippen molar-refractivity contribution in [3.05, 3.63) is 22.8 Å². The first kappa shape index (κ1) is 17.9. The second-order valence-electron chi connectivity index (χ2n) is 8.00. The van der Waals surface area contributed by atoms with Gasteiger partial charge in [0, 0.05) is 6.61 Å². The van der Waals surface area contributed by atoms with E-state index in [1.54, 1.807) is 0 Å². The summed E-state index contributed by atoms with van der Waals surface area (Å²) in [6.07, 6.45) is 14.8. The van der Waals surface area contributed by atoms with Crippen molar-refractivity contribution in [2.45, 2.75) is 90.4 Å². The van der Waals surface area contributed by atoms with E-state index in [0.717, 1.165) is 69.8 Å². The summed E-state index contributed by atoms with van der Waals surface area (Å²) in [5.41, 5.74) is 3.82. The van der Waals surface area contributed by atoms with Crippen LogP contribution < -0.4 is 0 Å². The molecule has 0 aromatic rings. The van der Waals surface area contributed by atoms with E-state index in [4.69, 9.17) is 9.47 Å². The second-order valence-corrected chi connectivity index (χ2v) is 8.00. The Bertz CT molecular complexity index is 513. The van der Waals surface area contributed by atoms with Gasteiger partial charge in [-0.25, -0.2) is 0 Å².